The van der Waals surface area contributed by atoms with E-state index in [0.29, 0.717) is 12.4 Å². The van der Waals surface area contributed by atoms with Crippen molar-refractivity contribution in [1.82, 2.24) is 10.2 Å². The van der Waals surface area contributed by atoms with E-state index in [1.807, 2.05) is 0 Å². The minimum atomic E-state index is -0.970. The molecule has 8 nitrogen and oxygen atoms in total. The molecule has 1 aromatic rings. The van der Waals surface area contributed by atoms with Crippen molar-refractivity contribution < 1.29 is 23.9 Å². The molecule has 0 aromatic heterocycles. The molecular weight excluding hydrogens is 386 g/mol. The number of piperidine rings is 1. The zero-order valence-corrected chi connectivity index (χ0v) is 17.2. The number of hydrogen-bond donors (Lipinski definition) is 2. The normalized spacial score (nSPS) is 18.6. The van der Waals surface area contributed by atoms with Gasteiger partial charge < -0.3 is 10.5 Å². The Morgan fingerprint density at radius 3 is 2.37 bits per heavy atom. The van der Waals surface area contributed by atoms with E-state index in [1.165, 1.54) is 19.3 Å². The van der Waals surface area contributed by atoms with E-state index in [1.54, 1.807) is 18.2 Å². The van der Waals surface area contributed by atoms with Gasteiger partial charge in [-0.25, -0.2) is 0 Å². The quantitative estimate of drug-likeness (QED) is 0.422. The summed E-state index contributed by atoms with van der Waals surface area (Å²) in [4.78, 5) is 50.3. The second-order valence-corrected chi connectivity index (χ2v) is 7.74. The fourth-order valence-electron chi connectivity index (χ4n) is 3.92. The number of rotatable bonds is 11. The molecule has 30 heavy (non-hydrogen) atoms. The van der Waals surface area contributed by atoms with Gasteiger partial charge in [-0.2, -0.15) is 0 Å². The maximum atomic E-state index is 13.0. The van der Waals surface area contributed by atoms with Gasteiger partial charge in [-0.15, -0.1) is 0 Å². The number of carbonyl (C=O) groups excluding carboxylic acids is 4. The number of carbonyl (C=O) groups is 4. The van der Waals surface area contributed by atoms with E-state index < -0.39 is 29.7 Å². The zero-order valence-electron chi connectivity index (χ0n) is 17.2. The first-order chi connectivity index (χ1) is 14.5. The third kappa shape index (κ3) is 4.87. The lowest BCUT2D eigenvalue weighted by Crippen LogP contribution is -2.54. The third-order valence-electron chi connectivity index (χ3n) is 5.54. The Bertz CT molecular complexity index is 823. The van der Waals surface area contributed by atoms with Gasteiger partial charge >= 0.3 is 0 Å². The summed E-state index contributed by atoms with van der Waals surface area (Å²) >= 11 is 0. The van der Waals surface area contributed by atoms with Crippen LogP contribution in [0.1, 0.15) is 78.5 Å². The van der Waals surface area contributed by atoms with Crippen molar-refractivity contribution in [3.63, 3.8) is 0 Å². The molecule has 8 heteroatoms. The van der Waals surface area contributed by atoms with E-state index in [-0.39, 0.29) is 24.0 Å². The SMILES string of the molecule is NCCCCCCCCCOc1cccc2c1C(=O)N(C1CCC(=O)NC1=O)C2=O. The van der Waals surface area contributed by atoms with Crippen LogP contribution in [0.3, 0.4) is 0 Å². The van der Waals surface area contributed by atoms with Gasteiger partial charge in [-0.1, -0.05) is 38.2 Å². The maximum absolute atomic E-state index is 13.0. The van der Waals surface area contributed by atoms with Gasteiger partial charge in [0.25, 0.3) is 11.8 Å². The molecule has 0 aliphatic carbocycles. The van der Waals surface area contributed by atoms with Crippen molar-refractivity contribution in [3.8, 4) is 5.75 Å². The van der Waals surface area contributed by atoms with Gasteiger partial charge in [-0.05, 0) is 37.9 Å². The molecule has 2 heterocycles. The van der Waals surface area contributed by atoms with Gasteiger partial charge in [0.15, 0.2) is 0 Å². The summed E-state index contributed by atoms with van der Waals surface area (Å²) in [6, 6.07) is 3.94. The number of benzene rings is 1. The lowest BCUT2D eigenvalue weighted by atomic mass is 10.0. The molecule has 3 rings (SSSR count). The summed E-state index contributed by atoms with van der Waals surface area (Å²) in [7, 11) is 0. The highest BCUT2D eigenvalue weighted by Gasteiger charge is 2.45. The number of unbranched alkanes of at least 4 members (excludes halogenated alkanes) is 6. The van der Waals surface area contributed by atoms with E-state index in [4.69, 9.17) is 10.5 Å². The first-order valence-electron chi connectivity index (χ1n) is 10.7. The molecule has 1 atom stereocenters. The molecule has 0 bridgehead atoms. The Labute approximate surface area is 176 Å². The van der Waals surface area contributed by atoms with Crippen LogP contribution in [-0.4, -0.2) is 47.7 Å². The number of imide groups is 2. The largest absolute Gasteiger partial charge is 0.493 e. The standard InChI is InChI=1S/C22H29N3O5/c23-13-6-4-2-1-3-5-7-14-30-17-10-8-9-15-19(17)22(29)25(21(15)28)16-11-12-18(26)24-20(16)27/h8-10,16H,1-7,11-14,23H2,(H,24,26,27). The number of fused-ring (bicyclic) bond motifs is 1. The molecule has 0 radical (unpaired) electrons. The Morgan fingerprint density at radius 2 is 1.67 bits per heavy atom. The zero-order chi connectivity index (χ0) is 21.5. The highest BCUT2D eigenvalue weighted by molar-refractivity contribution is 6.24. The Morgan fingerprint density at radius 1 is 0.967 bits per heavy atom. The molecule has 0 saturated carbocycles. The average Bonchev–Trinajstić information content (AvgIpc) is 2.98. The molecular formula is C22H29N3O5. The van der Waals surface area contributed by atoms with Crippen LogP contribution in [0.15, 0.2) is 18.2 Å². The molecule has 0 spiro atoms. The number of amides is 4. The van der Waals surface area contributed by atoms with E-state index in [2.05, 4.69) is 5.32 Å². The first kappa shape index (κ1) is 22.0. The Hall–Kier alpha value is -2.74. The van der Waals surface area contributed by atoms with Gasteiger partial charge in [0, 0.05) is 6.42 Å². The fourth-order valence-corrected chi connectivity index (χ4v) is 3.92. The molecule has 2 aliphatic heterocycles. The molecule has 1 fully saturated rings. The number of nitrogens with zero attached hydrogens (tertiary/aromatic N) is 1. The van der Waals surface area contributed by atoms with Crippen LogP contribution >= 0.6 is 0 Å². The predicted molar refractivity (Wildman–Crippen MR) is 110 cm³/mol. The summed E-state index contributed by atoms with van der Waals surface area (Å²) in [5.74, 6) is -1.71. The topological polar surface area (TPSA) is 119 Å². The number of hydrogen-bond acceptors (Lipinski definition) is 6. The van der Waals surface area contributed by atoms with Crippen LogP contribution in [0.4, 0.5) is 0 Å². The van der Waals surface area contributed by atoms with E-state index in [0.717, 1.165) is 37.1 Å². The highest BCUT2D eigenvalue weighted by Crippen LogP contribution is 2.33. The highest BCUT2D eigenvalue weighted by atomic mass is 16.5. The van der Waals surface area contributed by atoms with Crippen LogP contribution in [0, 0.1) is 0 Å². The Balaban J connectivity index is 1.56. The summed E-state index contributed by atoms with van der Waals surface area (Å²) < 4.78 is 5.82. The average molecular weight is 415 g/mol. The molecule has 3 N–H and O–H groups in total. The van der Waals surface area contributed by atoms with Crippen molar-refractivity contribution >= 4 is 23.6 Å². The van der Waals surface area contributed by atoms with Crippen LogP contribution in [0.25, 0.3) is 0 Å². The Kier molecular flexibility index (Phi) is 7.57. The molecule has 2 aliphatic rings. The fraction of sp³-hybridized carbons (Fsp3) is 0.545. The monoisotopic (exact) mass is 415 g/mol. The van der Waals surface area contributed by atoms with Crippen molar-refractivity contribution in [2.75, 3.05) is 13.2 Å². The molecule has 162 valence electrons. The lowest BCUT2D eigenvalue weighted by molar-refractivity contribution is -0.136. The van der Waals surface area contributed by atoms with Gasteiger partial charge in [0.05, 0.1) is 17.7 Å². The third-order valence-corrected chi connectivity index (χ3v) is 5.54. The van der Waals surface area contributed by atoms with E-state index in [9.17, 15) is 19.2 Å². The van der Waals surface area contributed by atoms with Gasteiger partial charge in [0.2, 0.25) is 11.8 Å². The van der Waals surface area contributed by atoms with Crippen LogP contribution in [0.5, 0.6) is 5.75 Å². The smallest absolute Gasteiger partial charge is 0.266 e. The number of ether oxygens (including phenoxy) is 1. The van der Waals surface area contributed by atoms with Crippen molar-refractivity contribution in [3.05, 3.63) is 29.3 Å². The molecule has 4 amide bonds. The summed E-state index contributed by atoms with van der Waals surface area (Å²) in [6.45, 7) is 1.20. The lowest BCUT2D eigenvalue weighted by Gasteiger charge is -2.27. The van der Waals surface area contributed by atoms with Gasteiger partial charge in [-0.3, -0.25) is 29.4 Å². The summed E-state index contributed by atoms with van der Waals surface area (Å²) in [6.07, 6.45) is 7.87. The van der Waals surface area contributed by atoms with Crippen molar-refractivity contribution in [2.45, 2.75) is 63.8 Å². The predicted octanol–water partition coefficient (Wildman–Crippen LogP) is 2.16. The van der Waals surface area contributed by atoms with Gasteiger partial charge in [0.1, 0.15) is 11.8 Å². The summed E-state index contributed by atoms with van der Waals surface area (Å²) in [5.41, 5.74) is 5.93. The van der Waals surface area contributed by atoms with Crippen molar-refractivity contribution in [2.24, 2.45) is 5.73 Å². The molecule has 1 unspecified atom stereocenters. The minimum absolute atomic E-state index is 0.0966. The number of nitrogens with one attached hydrogen (secondary N) is 1. The number of nitrogens with two attached hydrogens (primary N) is 1. The summed E-state index contributed by atoms with van der Waals surface area (Å²) in [5, 5.41) is 2.20. The first-order valence-corrected chi connectivity index (χ1v) is 10.7. The van der Waals surface area contributed by atoms with E-state index >= 15 is 0 Å². The van der Waals surface area contributed by atoms with Crippen LogP contribution in [-0.2, 0) is 9.59 Å². The van der Waals surface area contributed by atoms with Crippen LogP contribution < -0.4 is 15.8 Å². The van der Waals surface area contributed by atoms with Crippen molar-refractivity contribution in [1.29, 1.82) is 0 Å². The molecule has 1 aromatic carbocycles. The second-order valence-electron chi connectivity index (χ2n) is 7.74. The maximum Gasteiger partial charge on any atom is 0.266 e. The molecule has 1 saturated heterocycles. The second kappa shape index (κ2) is 10.3. The minimum Gasteiger partial charge on any atom is -0.493 e. The van der Waals surface area contributed by atoms with Crippen LogP contribution in [0.2, 0.25) is 0 Å².